The Morgan fingerprint density at radius 1 is 0.312 bits per heavy atom. The second kappa shape index (κ2) is 19.5. The predicted octanol–water partition coefficient (Wildman–Crippen LogP) is 3.72. The number of ketones is 4. The molecular formula is C52H44N4O8. The highest BCUT2D eigenvalue weighted by Crippen LogP contribution is 2.39. The van der Waals surface area contributed by atoms with E-state index in [1.807, 2.05) is 0 Å². The molecule has 2 fully saturated rings. The Bertz CT molecular complexity index is 2420. The number of hydrogen-bond donors (Lipinski definition) is 0. The Hall–Kier alpha value is -7.16. The van der Waals surface area contributed by atoms with Crippen molar-refractivity contribution in [3.63, 3.8) is 0 Å². The van der Waals surface area contributed by atoms with E-state index < -0.39 is 0 Å². The molecule has 64 heavy (non-hydrogen) atoms. The van der Waals surface area contributed by atoms with E-state index in [0.29, 0.717) is 71.4 Å². The average molecular weight is 853 g/mol. The Morgan fingerprint density at radius 3 is 0.781 bits per heavy atom. The van der Waals surface area contributed by atoms with Gasteiger partial charge in [0, 0.05) is 74.6 Å². The van der Waals surface area contributed by atoms with Crippen LogP contribution in [0.1, 0.15) is 63.7 Å². The monoisotopic (exact) mass is 852 g/mol. The van der Waals surface area contributed by atoms with Gasteiger partial charge in [0.2, 0.25) is 11.6 Å². The number of nitrogens with zero attached hydrogens (tertiary/aromatic N) is 4. The average Bonchev–Trinajstić information content (AvgIpc) is 3.32. The lowest BCUT2D eigenvalue weighted by molar-refractivity contribution is 0.0973. The molecule has 0 atom stereocenters. The second-order valence-electron chi connectivity index (χ2n) is 15.7. The molecule has 0 saturated carbocycles. The Morgan fingerprint density at radius 2 is 0.547 bits per heavy atom. The molecule has 0 aromatic heterocycles. The van der Waals surface area contributed by atoms with Crippen molar-refractivity contribution in [2.45, 2.75) is 0 Å². The maximum Gasteiger partial charge on any atom is 0.201 e. The predicted molar refractivity (Wildman–Crippen MR) is 238 cm³/mol. The maximum absolute atomic E-state index is 14.0. The Balaban J connectivity index is 0.894. The van der Waals surface area contributed by atoms with Gasteiger partial charge >= 0.3 is 0 Å². The molecule has 0 radical (unpaired) electrons. The molecular weight excluding hydrogens is 809 g/mol. The lowest BCUT2D eigenvalue weighted by atomic mass is 9.83. The van der Waals surface area contributed by atoms with E-state index in [-0.39, 0.29) is 71.8 Å². The molecule has 0 amide bonds. The summed E-state index contributed by atoms with van der Waals surface area (Å²) in [7, 11) is 0. The van der Waals surface area contributed by atoms with Gasteiger partial charge in [0.25, 0.3) is 0 Å². The van der Waals surface area contributed by atoms with E-state index in [9.17, 15) is 19.2 Å². The van der Waals surface area contributed by atoms with Crippen molar-refractivity contribution in [3.05, 3.63) is 117 Å². The zero-order valence-electron chi connectivity index (χ0n) is 35.3. The number of piperazine rings is 2. The van der Waals surface area contributed by atoms with Gasteiger partial charge < -0.3 is 18.9 Å². The molecule has 4 aromatic carbocycles. The van der Waals surface area contributed by atoms with Crippen molar-refractivity contribution in [2.75, 3.05) is 105 Å². The van der Waals surface area contributed by atoms with E-state index in [0.717, 1.165) is 52.4 Å². The van der Waals surface area contributed by atoms with Crippen LogP contribution in [0, 0.1) is 47.4 Å². The van der Waals surface area contributed by atoms with Crippen LogP contribution >= 0.6 is 0 Å². The molecule has 8 aliphatic rings. The molecule has 0 N–H and O–H groups in total. The van der Waals surface area contributed by atoms with Crippen LogP contribution in [0.25, 0.3) is 0 Å². The molecule has 6 heterocycles. The van der Waals surface area contributed by atoms with Gasteiger partial charge in [-0.2, -0.15) is 0 Å². The van der Waals surface area contributed by atoms with Crippen molar-refractivity contribution >= 4 is 23.1 Å². The zero-order valence-corrected chi connectivity index (χ0v) is 35.3. The standard InChI is InChI=1S/C52H44N4O8/c57-49-37-13-9-17-41-45(37)51(59)46-38(49)14-10-18-42(46)62-35-7-3-23-55-29-31-56(32-30-55)24-4-8-36-64-44-20-12-16-40-48(44)52(60)47-39(50(40)58)15-11-19-43(47)63-34-6-2-22-54-27-25-53(26-28-54)21-1-5-33-61-41/h9-20H,21-36H2. The van der Waals surface area contributed by atoms with Gasteiger partial charge in [-0.3, -0.25) is 38.8 Å². The molecule has 2 aliphatic carbocycles. The van der Waals surface area contributed by atoms with Gasteiger partial charge in [0.1, 0.15) is 49.4 Å². The minimum absolute atomic E-state index is 0.0539. The third-order valence-electron chi connectivity index (χ3n) is 11.8. The van der Waals surface area contributed by atoms with E-state index in [1.54, 1.807) is 72.8 Å². The molecule has 320 valence electrons. The Kier molecular flexibility index (Phi) is 12.8. The van der Waals surface area contributed by atoms with E-state index in [4.69, 9.17) is 18.9 Å². The topological polar surface area (TPSA) is 118 Å². The summed E-state index contributed by atoms with van der Waals surface area (Å²) in [4.78, 5) is 64.4. The molecule has 8 bridgehead atoms. The molecule has 6 aliphatic heterocycles. The molecule has 0 unspecified atom stereocenters. The summed E-state index contributed by atoms with van der Waals surface area (Å²) >= 11 is 0. The minimum Gasteiger partial charge on any atom is -0.480 e. The summed E-state index contributed by atoms with van der Waals surface area (Å²) in [5, 5.41) is 0. The molecule has 4 aromatic rings. The van der Waals surface area contributed by atoms with Crippen LogP contribution in [-0.2, 0) is 0 Å². The zero-order chi connectivity index (χ0) is 43.8. The van der Waals surface area contributed by atoms with Crippen LogP contribution in [0.4, 0.5) is 0 Å². The molecule has 0 spiro atoms. The van der Waals surface area contributed by atoms with Crippen molar-refractivity contribution in [1.82, 2.24) is 19.6 Å². The van der Waals surface area contributed by atoms with Gasteiger partial charge in [-0.05, 0) is 24.3 Å². The van der Waals surface area contributed by atoms with Gasteiger partial charge in [0.05, 0.1) is 48.4 Å². The summed E-state index contributed by atoms with van der Waals surface area (Å²) in [6, 6.07) is 20.2. The van der Waals surface area contributed by atoms with Crippen molar-refractivity contribution in [2.24, 2.45) is 0 Å². The largest absolute Gasteiger partial charge is 0.480 e. The number of rotatable bonds is 0. The van der Waals surface area contributed by atoms with Crippen LogP contribution in [0.3, 0.4) is 0 Å². The lowest BCUT2D eigenvalue weighted by Gasteiger charge is -2.32. The summed E-state index contributed by atoms with van der Waals surface area (Å²) in [5.41, 5.74) is 2.00. The fraction of sp³-hybridized carbons (Fsp3) is 0.308. The van der Waals surface area contributed by atoms with Crippen LogP contribution in [0.2, 0.25) is 0 Å². The SMILES string of the molecule is O=C1c2cccc3c2C(=O)c2c(cccc21)OCC#CCN1CCN(CC#CCOc2cccc4c2C(=O)c2c(cccc2C4=O)OCC#CCN2CCN(CC#CCO3)CC2)CC1. The molecule has 12 rings (SSSR count). The van der Waals surface area contributed by atoms with Crippen LogP contribution in [0.15, 0.2) is 72.8 Å². The van der Waals surface area contributed by atoms with Gasteiger partial charge in [-0.25, -0.2) is 0 Å². The van der Waals surface area contributed by atoms with Gasteiger partial charge in [-0.1, -0.05) is 95.9 Å². The number of hydrogen-bond acceptors (Lipinski definition) is 12. The summed E-state index contributed by atoms with van der Waals surface area (Å²) in [6.45, 7) is 8.97. The van der Waals surface area contributed by atoms with E-state index >= 15 is 0 Å². The number of carbonyl (C=O) groups is 4. The van der Waals surface area contributed by atoms with Crippen LogP contribution < -0.4 is 18.9 Å². The fourth-order valence-corrected chi connectivity index (χ4v) is 8.38. The minimum atomic E-state index is -0.335. The Labute approximate surface area is 372 Å². The first-order valence-corrected chi connectivity index (χ1v) is 21.4. The third kappa shape index (κ3) is 9.01. The first kappa shape index (κ1) is 42.2. The van der Waals surface area contributed by atoms with Crippen molar-refractivity contribution < 1.29 is 38.1 Å². The van der Waals surface area contributed by atoms with Gasteiger partial charge in [-0.15, -0.1) is 0 Å². The highest BCUT2D eigenvalue weighted by atomic mass is 16.5. The highest BCUT2D eigenvalue weighted by molar-refractivity contribution is 6.31. The first-order valence-electron chi connectivity index (χ1n) is 21.4. The number of carbonyl (C=O) groups excluding carboxylic acids is 4. The summed E-state index contributed by atoms with van der Waals surface area (Å²) < 4.78 is 24.1. The fourth-order valence-electron chi connectivity index (χ4n) is 8.38. The summed E-state index contributed by atoms with van der Waals surface area (Å²) in [5.74, 6) is 25.0. The van der Waals surface area contributed by atoms with E-state index in [2.05, 4.69) is 67.0 Å². The smallest absolute Gasteiger partial charge is 0.201 e. The quantitative estimate of drug-likeness (QED) is 0.208. The second-order valence-corrected chi connectivity index (χ2v) is 15.7. The molecule has 12 nitrogen and oxygen atoms in total. The number of benzene rings is 4. The van der Waals surface area contributed by atoms with E-state index in [1.165, 1.54) is 0 Å². The van der Waals surface area contributed by atoms with Crippen LogP contribution in [0.5, 0.6) is 23.0 Å². The third-order valence-corrected chi connectivity index (χ3v) is 11.8. The number of ether oxygens (including phenoxy) is 4. The molecule has 12 heteroatoms. The highest BCUT2D eigenvalue weighted by Gasteiger charge is 2.36. The molecule has 2 saturated heterocycles. The lowest BCUT2D eigenvalue weighted by Crippen LogP contribution is -2.46. The summed E-state index contributed by atoms with van der Waals surface area (Å²) in [6.07, 6.45) is 0. The maximum atomic E-state index is 14.0. The normalized spacial score (nSPS) is 22.0. The van der Waals surface area contributed by atoms with Crippen molar-refractivity contribution in [1.29, 1.82) is 0 Å². The van der Waals surface area contributed by atoms with Crippen LogP contribution in [-0.4, -0.2) is 148 Å². The first-order chi connectivity index (χ1) is 31.4. The van der Waals surface area contributed by atoms with Gasteiger partial charge in [0.15, 0.2) is 11.6 Å². The van der Waals surface area contributed by atoms with Crippen molar-refractivity contribution in [3.8, 4) is 70.4 Å².